The van der Waals surface area contributed by atoms with Crippen LogP contribution in [0.15, 0.2) is 23.1 Å². The molecule has 90 valence electrons. The van der Waals surface area contributed by atoms with Gasteiger partial charge in [0.25, 0.3) is 5.56 Å². The number of aryl methyl sites for hydroxylation is 1. The lowest BCUT2D eigenvalue weighted by Crippen LogP contribution is -2.24. The summed E-state index contributed by atoms with van der Waals surface area (Å²) in [7, 11) is 0. The standard InChI is InChI=1S/C12H20N2O2/c13-10-11-6-5-8-14(12(11)16)7-3-1-2-4-9-15/h5-6,8,15H,1-4,7,9-10,13H2. The summed E-state index contributed by atoms with van der Waals surface area (Å²) in [4.78, 5) is 11.8. The van der Waals surface area contributed by atoms with Gasteiger partial charge in [-0.2, -0.15) is 0 Å². The molecular weight excluding hydrogens is 204 g/mol. The zero-order chi connectivity index (χ0) is 11.8. The molecule has 1 heterocycles. The molecule has 0 aliphatic carbocycles. The van der Waals surface area contributed by atoms with Crippen LogP contribution in [0.25, 0.3) is 0 Å². The minimum atomic E-state index is 0.0205. The molecule has 0 spiro atoms. The molecule has 0 aliphatic rings. The monoisotopic (exact) mass is 224 g/mol. The number of aliphatic hydroxyl groups excluding tert-OH is 1. The summed E-state index contributed by atoms with van der Waals surface area (Å²) >= 11 is 0. The fourth-order valence-corrected chi connectivity index (χ4v) is 1.67. The van der Waals surface area contributed by atoms with E-state index in [-0.39, 0.29) is 12.2 Å². The average Bonchev–Trinajstić information content (AvgIpc) is 2.31. The summed E-state index contributed by atoms with van der Waals surface area (Å²) in [6, 6.07) is 3.63. The summed E-state index contributed by atoms with van der Waals surface area (Å²) in [5.41, 5.74) is 6.16. The van der Waals surface area contributed by atoms with Gasteiger partial charge in [0.2, 0.25) is 0 Å². The predicted molar refractivity (Wildman–Crippen MR) is 64.1 cm³/mol. The lowest BCUT2D eigenvalue weighted by molar-refractivity contribution is 0.282. The highest BCUT2D eigenvalue weighted by atomic mass is 16.2. The number of aromatic nitrogens is 1. The Kier molecular flexibility index (Phi) is 5.82. The van der Waals surface area contributed by atoms with Gasteiger partial charge in [-0.05, 0) is 18.9 Å². The van der Waals surface area contributed by atoms with Gasteiger partial charge in [-0.1, -0.05) is 18.9 Å². The third kappa shape index (κ3) is 3.79. The van der Waals surface area contributed by atoms with E-state index in [1.165, 1.54) is 0 Å². The van der Waals surface area contributed by atoms with E-state index in [4.69, 9.17) is 10.8 Å². The first-order chi connectivity index (χ1) is 7.79. The summed E-state index contributed by atoms with van der Waals surface area (Å²) in [5, 5.41) is 8.63. The van der Waals surface area contributed by atoms with E-state index in [2.05, 4.69) is 0 Å². The Bertz CT molecular complexity index is 360. The molecule has 1 aromatic heterocycles. The van der Waals surface area contributed by atoms with Crippen molar-refractivity contribution in [2.24, 2.45) is 5.73 Å². The number of unbranched alkanes of at least 4 members (excludes halogenated alkanes) is 3. The molecule has 0 aliphatic heterocycles. The molecule has 0 aromatic carbocycles. The van der Waals surface area contributed by atoms with Crippen molar-refractivity contribution >= 4 is 0 Å². The molecule has 0 bridgehead atoms. The van der Waals surface area contributed by atoms with Crippen molar-refractivity contribution in [3.63, 3.8) is 0 Å². The minimum Gasteiger partial charge on any atom is -0.396 e. The highest BCUT2D eigenvalue weighted by molar-refractivity contribution is 5.09. The molecule has 0 fully saturated rings. The number of hydrogen-bond acceptors (Lipinski definition) is 3. The highest BCUT2D eigenvalue weighted by Gasteiger charge is 2.00. The smallest absolute Gasteiger partial charge is 0.255 e. The highest BCUT2D eigenvalue weighted by Crippen LogP contribution is 2.01. The first-order valence-electron chi connectivity index (χ1n) is 5.79. The Morgan fingerprint density at radius 3 is 2.69 bits per heavy atom. The first-order valence-corrected chi connectivity index (χ1v) is 5.79. The van der Waals surface area contributed by atoms with Crippen LogP contribution in [0, 0.1) is 0 Å². The Balaban J connectivity index is 2.45. The second kappa shape index (κ2) is 7.19. The molecule has 1 aromatic rings. The molecule has 4 nitrogen and oxygen atoms in total. The van der Waals surface area contributed by atoms with Crippen molar-refractivity contribution < 1.29 is 5.11 Å². The summed E-state index contributed by atoms with van der Waals surface area (Å²) in [5.74, 6) is 0. The van der Waals surface area contributed by atoms with Crippen LogP contribution in [0.1, 0.15) is 31.2 Å². The average molecular weight is 224 g/mol. The van der Waals surface area contributed by atoms with Crippen molar-refractivity contribution in [2.75, 3.05) is 6.61 Å². The molecule has 3 N–H and O–H groups in total. The van der Waals surface area contributed by atoms with Crippen molar-refractivity contribution in [3.8, 4) is 0 Å². The van der Waals surface area contributed by atoms with Crippen LogP contribution in [0.5, 0.6) is 0 Å². The number of aliphatic hydroxyl groups is 1. The lowest BCUT2D eigenvalue weighted by atomic mass is 10.2. The maximum Gasteiger partial charge on any atom is 0.255 e. The van der Waals surface area contributed by atoms with Crippen LogP contribution in [-0.2, 0) is 13.1 Å². The topological polar surface area (TPSA) is 68.2 Å². The Hall–Kier alpha value is -1.13. The van der Waals surface area contributed by atoms with Crippen LogP contribution >= 0.6 is 0 Å². The Morgan fingerprint density at radius 1 is 1.25 bits per heavy atom. The van der Waals surface area contributed by atoms with Gasteiger partial charge in [0.05, 0.1) is 0 Å². The summed E-state index contributed by atoms with van der Waals surface area (Å²) in [6.07, 6.45) is 5.67. The fraction of sp³-hybridized carbons (Fsp3) is 0.583. The van der Waals surface area contributed by atoms with Gasteiger partial charge in [0, 0.05) is 31.5 Å². The zero-order valence-electron chi connectivity index (χ0n) is 9.56. The molecule has 0 radical (unpaired) electrons. The van der Waals surface area contributed by atoms with Gasteiger partial charge in [0.1, 0.15) is 0 Å². The van der Waals surface area contributed by atoms with Gasteiger partial charge in [-0.3, -0.25) is 4.79 Å². The largest absolute Gasteiger partial charge is 0.396 e. The fourth-order valence-electron chi connectivity index (χ4n) is 1.67. The predicted octanol–water partition coefficient (Wildman–Crippen LogP) is 0.860. The van der Waals surface area contributed by atoms with Gasteiger partial charge in [-0.25, -0.2) is 0 Å². The minimum absolute atomic E-state index is 0.0205. The Labute approximate surface area is 95.7 Å². The molecule has 0 unspecified atom stereocenters. The van der Waals surface area contributed by atoms with Crippen LogP contribution in [0.3, 0.4) is 0 Å². The molecule has 0 saturated carbocycles. The SMILES string of the molecule is NCc1cccn(CCCCCCO)c1=O. The van der Waals surface area contributed by atoms with Crippen LogP contribution < -0.4 is 11.3 Å². The number of nitrogens with zero attached hydrogens (tertiary/aromatic N) is 1. The summed E-state index contributed by atoms with van der Waals surface area (Å²) < 4.78 is 1.71. The van der Waals surface area contributed by atoms with Gasteiger partial charge < -0.3 is 15.4 Å². The molecule has 0 amide bonds. The van der Waals surface area contributed by atoms with E-state index < -0.39 is 0 Å². The van der Waals surface area contributed by atoms with Gasteiger partial charge >= 0.3 is 0 Å². The molecule has 0 atom stereocenters. The third-order valence-corrected chi connectivity index (χ3v) is 2.63. The van der Waals surface area contributed by atoms with Crippen molar-refractivity contribution in [2.45, 2.75) is 38.8 Å². The molecule has 4 heteroatoms. The number of nitrogens with two attached hydrogens (primary N) is 1. The van der Waals surface area contributed by atoms with Crippen molar-refractivity contribution in [3.05, 3.63) is 34.2 Å². The molecular formula is C12H20N2O2. The second-order valence-corrected chi connectivity index (χ2v) is 3.87. The number of rotatable bonds is 7. The normalized spacial score (nSPS) is 10.6. The van der Waals surface area contributed by atoms with Crippen molar-refractivity contribution in [1.82, 2.24) is 4.57 Å². The van der Waals surface area contributed by atoms with Crippen LogP contribution in [0.2, 0.25) is 0 Å². The maximum absolute atomic E-state index is 11.8. The molecule has 16 heavy (non-hydrogen) atoms. The van der Waals surface area contributed by atoms with Crippen LogP contribution in [-0.4, -0.2) is 16.3 Å². The van der Waals surface area contributed by atoms with Gasteiger partial charge in [-0.15, -0.1) is 0 Å². The van der Waals surface area contributed by atoms with Crippen molar-refractivity contribution in [1.29, 1.82) is 0 Å². The molecule has 0 saturated heterocycles. The second-order valence-electron chi connectivity index (χ2n) is 3.87. The number of hydrogen-bond donors (Lipinski definition) is 2. The van der Waals surface area contributed by atoms with E-state index in [1.54, 1.807) is 16.8 Å². The van der Waals surface area contributed by atoms with E-state index in [0.29, 0.717) is 12.1 Å². The van der Waals surface area contributed by atoms with E-state index in [1.807, 2.05) is 6.07 Å². The number of pyridine rings is 1. The maximum atomic E-state index is 11.8. The van der Waals surface area contributed by atoms with E-state index in [0.717, 1.165) is 32.2 Å². The molecule has 1 rings (SSSR count). The van der Waals surface area contributed by atoms with E-state index >= 15 is 0 Å². The summed E-state index contributed by atoms with van der Waals surface area (Å²) in [6.45, 7) is 1.28. The quantitative estimate of drug-likeness (QED) is 0.675. The van der Waals surface area contributed by atoms with Gasteiger partial charge in [0.15, 0.2) is 0 Å². The zero-order valence-corrected chi connectivity index (χ0v) is 9.56. The first kappa shape index (κ1) is 12.9. The third-order valence-electron chi connectivity index (χ3n) is 2.63. The Morgan fingerprint density at radius 2 is 2.00 bits per heavy atom. The van der Waals surface area contributed by atoms with E-state index in [9.17, 15) is 4.79 Å². The van der Waals surface area contributed by atoms with Crippen LogP contribution in [0.4, 0.5) is 0 Å². The lowest BCUT2D eigenvalue weighted by Gasteiger charge is -2.06.